The van der Waals surface area contributed by atoms with E-state index in [1.807, 2.05) is 0 Å². The van der Waals surface area contributed by atoms with Gasteiger partial charge in [0.25, 0.3) is 0 Å². The SMILES string of the molecule is CCCCCCCCCCCCCCCCCCCCCCCC(=O)N[C@@H](COC1O[C@H](CO)[C@@H](O)[C@H](O)[C@H]1O)[C@H](O)CCCCCCCCCCCCCCC. The summed E-state index contributed by atoms with van der Waals surface area (Å²) in [5.41, 5.74) is 0. The van der Waals surface area contributed by atoms with E-state index in [4.69, 9.17) is 9.47 Å². The van der Waals surface area contributed by atoms with Gasteiger partial charge in [0.05, 0.1) is 25.4 Å². The standard InChI is InChI=1S/C48H95NO8/c1-3-5-7-9-11-13-15-17-18-19-20-21-22-23-24-26-28-30-32-34-36-38-44(52)49-41(40-56-48-47(55)46(54)45(53)43(39-50)57-48)42(51)37-35-33-31-29-27-25-16-14-12-10-8-6-4-2/h41-43,45-48,50-51,53-55H,3-40H2,1-2H3,(H,49,52)/t41-,42+,43+,45+,46-,47+,48?/m0/s1. The first kappa shape index (κ1) is 54.2. The molecule has 9 nitrogen and oxygen atoms in total. The highest BCUT2D eigenvalue weighted by atomic mass is 16.7. The van der Waals surface area contributed by atoms with E-state index < -0.39 is 49.5 Å². The summed E-state index contributed by atoms with van der Waals surface area (Å²) < 4.78 is 11.3. The Morgan fingerprint density at radius 2 is 0.877 bits per heavy atom. The summed E-state index contributed by atoms with van der Waals surface area (Å²) in [5.74, 6) is -0.139. The Kier molecular flexibility index (Phi) is 37.4. The van der Waals surface area contributed by atoms with Crippen LogP contribution in [0.5, 0.6) is 0 Å². The van der Waals surface area contributed by atoms with E-state index in [0.717, 1.165) is 38.5 Å². The number of ether oxygens (including phenoxy) is 2. The lowest BCUT2D eigenvalue weighted by molar-refractivity contribution is -0.302. The lowest BCUT2D eigenvalue weighted by atomic mass is 9.99. The van der Waals surface area contributed by atoms with Crippen LogP contribution < -0.4 is 5.32 Å². The topological polar surface area (TPSA) is 149 Å². The van der Waals surface area contributed by atoms with Crippen molar-refractivity contribution >= 4 is 5.91 Å². The predicted molar refractivity (Wildman–Crippen MR) is 235 cm³/mol. The fourth-order valence-electron chi connectivity index (χ4n) is 8.22. The Labute approximate surface area is 351 Å². The maximum Gasteiger partial charge on any atom is 0.220 e. The van der Waals surface area contributed by atoms with Crippen LogP contribution in [-0.2, 0) is 14.3 Å². The molecule has 0 aromatic rings. The van der Waals surface area contributed by atoms with Crippen molar-refractivity contribution in [1.29, 1.82) is 0 Å². The molecule has 1 aliphatic heterocycles. The van der Waals surface area contributed by atoms with Crippen LogP contribution in [0.1, 0.15) is 245 Å². The molecule has 1 saturated heterocycles. The quantitative estimate of drug-likeness (QED) is 0.0334. The lowest BCUT2D eigenvalue weighted by Gasteiger charge is -2.40. The van der Waals surface area contributed by atoms with Crippen LogP contribution in [0.2, 0.25) is 0 Å². The smallest absolute Gasteiger partial charge is 0.220 e. The van der Waals surface area contributed by atoms with Gasteiger partial charge in [-0.3, -0.25) is 4.79 Å². The van der Waals surface area contributed by atoms with Crippen molar-refractivity contribution in [2.45, 2.75) is 288 Å². The normalized spacial score (nSPS) is 20.9. The molecule has 0 radical (unpaired) electrons. The highest BCUT2D eigenvalue weighted by Crippen LogP contribution is 2.23. The van der Waals surface area contributed by atoms with Gasteiger partial charge in [-0.15, -0.1) is 0 Å². The van der Waals surface area contributed by atoms with Crippen LogP contribution in [0, 0.1) is 0 Å². The molecule has 1 amide bonds. The maximum absolute atomic E-state index is 13.0. The summed E-state index contributed by atoms with van der Waals surface area (Å²) in [6, 6.07) is -0.711. The second-order valence-corrected chi connectivity index (χ2v) is 17.6. The minimum absolute atomic E-state index is 0.132. The first-order chi connectivity index (χ1) is 27.8. The minimum Gasteiger partial charge on any atom is -0.394 e. The van der Waals surface area contributed by atoms with E-state index in [1.165, 1.54) is 180 Å². The van der Waals surface area contributed by atoms with E-state index in [9.17, 15) is 30.3 Å². The number of amides is 1. The molecule has 0 bridgehead atoms. The van der Waals surface area contributed by atoms with Crippen LogP contribution in [-0.4, -0.2) is 87.5 Å². The van der Waals surface area contributed by atoms with Crippen molar-refractivity contribution in [3.8, 4) is 0 Å². The fraction of sp³-hybridized carbons (Fsp3) is 0.979. The molecule has 1 heterocycles. The van der Waals surface area contributed by atoms with E-state index in [0.29, 0.717) is 12.8 Å². The first-order valence-electron chi connectivity index (χ1n) is 24.7. The first-order valence-corrected chi connectivity index (χ1v) is 24.7. The number of aliphatic hydroxyl groups is 5. The zero-order valence-corrected chi connectivity index (χ0v) is 37.4. The number of aliphatic hydroxyl groups excluding tert-OH is 5. The molecule has 57 heavy (non-hydrogen) atoms. The van der Waals surface area contributed by atoms with Gasteiger partial charge in [-0.25, -0.2) is 0 Å². The van der Waals surface area contributed by atoms with E-state index >= 15 is 0 Å². The number of unbranched alkanes of at least 4 members (excludes halogenated alkanes) is 32. The molecule has 7 atom stereocenters. The molecule has 1 unspecified atom stereocenters. The molecule has 1 fully saturated rings. The molecule has 0 aromatic carbocycles. The van der Waals surface area contributed by atoms with Crippen LogP contribution >= 0.6 is 0 Å². The summed E-state index contributed by atoms with van der Waals surface area (Å²) in [6.45, 7) is 3.85. The van der Waals surface area contributed by atoms with Gasteiger partial charge in [0.1, 0.15) is 24.4 Å². The highest BCUT2D eigenvalue weighted by molar-refractivity contribution is 5.76. The van der Waals surface area contributed by atoms with E-state index in [-0.39, 0.29) is 12.5 Å². The molecule has 0 saturated carbocycles. The van der Waals surface area contributed by atoms with Crippen molar-refractivity contribution in [3.05, 3.63) is 0 Å². The summed E-state index contributed by atoms with van der Waals surface area (Å²) >= 11 is 0. The highest BCUT2D eigenvalue weighted by Gasteiger charge is 2.44. The van der Waals surface area contributed by atoms with Crippen molar-refractivity contribution in [3.63, 3.8) is 0 Å². The van der Waals surface area contributed by atoms with Crippen LogP contribution in [0.4, 0.5) is 0 Å². The monoisotopic (exact) mass is 814 g/mol. The van der Waals surface area contributed by atoms with Gasteiger partial charge in [0, 0.05) is 6.42 Å². The van der Waals surface area contributed by atoms with Crippen LogP contribution in [0.25, 0.3) is 0 Å². The summed E-state index contributed by atoms with van der Waals surface area (Å²) in [5, 5.41) is 54.4. The molecule has 6 N–H and O–H groups in total. The van der Waals surface area contributed by atoms with Gasteiger partial charge in [-0.2, -0.15) is 0 Å². The van der Waals surface area contributed by atoms with Gasteiger partial charge in [-0.05, 0) is 12.8 Å². The molecule has 1 rings (SSSR count). The van der Waals surface area contributed by atoms with Gasteiger partial charge in [0.15, 0.2) is 6.29 Å². The van der Waals surface area contributed by atoms with Crippen LogP contribution in [0.15, 0.2) is 0 Å². The zero-order chi connectivity index (χ0) is 41.6. The average molecular weight is 814 g/mol. The van der Waals surface area contributed by atoms with Crippen molar-refractivity contribution in [2.75, 3.05) is 13.2 Å². The summed E-state index contributed by atoms with van der Waals surface area (Å²) in [4.78, 5) is 13.0. The van der Waals surface area contributed by atoms with Gasteiger partial charge < -0.3 is 40.3 Å². The Bertz CT molecular complexity index is 862. The summed E-state index contributed by atoms with van der Waals surface area (Å²) in [7, 11) is 0. The number of hydrogen-bond acceptors (Lipinski definition) is 8. The number of nitrogens with one attached hydrogen (secondary N) is 1. The summed E-state index contributed by atoms with van der Waals surface area (Å²) in [6.07, 6.45) is 36.8. The lowest BCUT2D eigenvalue weighted by Crippen LogP contribution is -2.60. The fourth-order valence-corrected chi connectivity index (χ4v) is 8.22. The molecule has 9 heteroatoms. The number of carbonyl (C=O) groups is 1. The largest absolute Gasteiger partial charge is 0.394 e. The Hall–Kier alpha value is -0.810. The maximum atomic E-state index is 13.0. The Balaban J connectivity index is 2.24. The molecular weight excluding hydrogens is 719 g/mol. The molecular formula is C48H95NO8. The minimum atomic E-state index is -1.55. The Morgan fingerprint density at radius 1 is 0.526 bits per heavy atom. The van der Waals surface area contributed by atoms with Gasteiger partial charge in [-0.1, -0.05) is 226 Å². The van der Waals surface area contributed by atoms with Crippen molar-refractivity contribution < 1.29 is 39.8 Å². The third kappa shape index (κ3) is 30.0. The molecule has 0 aromatic heterocycles. The van der Waals surface area contributed by atoms with Crippen LogP contribution in [0.3, 0.4) is 0 Å². The molecule has 1 aliphatic rings. The second-order valence-electron chi connectivity index (χ2n) is 17.6. The van der Waals surface area contributed by atoms with Gasteiger partial charge >= 0.3 is 0 Å². The van der Waals surface area contributed by atoms with E-state index in [2.05, 4.69) is 19.2 Å². The van der Waals surface area contributed by atoms with Crippen molar-refractivity contribution in [1.82, 2.24) is 5.32 Å². The zero-order valence-electron chi connectivity index (χ0n) is 37.4. The third-order valence-electron chi connectivity index (χ3n) is 12.2. The number of carbonyl (C=O) groups excluding carboxylic acids is 1. The van der Waals surface area contributed by atoms with Gasteiger partial charge in [0.2, 0.25) is 5.91 Å². The average Bonchev–Trinajstić information content (AvgIpc) is 3.21. The van der Waals surface area contributed by atoms with Crippen molar-refractivity contribution in [2.24, 2.45) is 0 Å². The number of rotatable bonds is 42. The number of hydrogen-bond donors (Lipinski definition) is 6. The molecule has 0 spiro atoms. The third-order valence-corrected chi connectivity index (χ3v) is 12.2. The Morgan fingerprint density at radius 3 is 1.25 bits per heavy atom. The predicted octanol–water partition coefficient (Wildman–Crippen LogP) is 10.7. The molecule has 340 valence electrons. The van der Waals surface area contributed by atoms with E-state index in [1.54, 1.807) is 0 Å². The molecule has 0 aliphatic carbocycles. The second kappa shape index (κ2) is 39.3.